The van der Waals surface area contributed by atoms with Gasteiger partial charge < -0.3 is 24.9 Å². The molecule has 0 rings (SSSR count). The fraction of sp³-hybridized carbons (Fsp3) is 0.818. The zero-order valence-electron chi connectivity index (χ0n) is 19.3. The minimum Gasteiger partial charge on any atom is -0.550 e. The predicted octanol–water partition coefficient (Wildman–Crippen LogP) is -2.71. The summed E-state index contributed by atoms with van der Waals surface area (Å²) in [6, 6.07) is 0. The van der Waals surface area contributed by atoms with Gasteiger partial charge in [0, 0.05) is 18.5 Å². The molecule has 160 valence electrons. The molecule has 0 aromatic rings. The molecule has 1 N–H and O–H groups in total. The van der Waals surface area contributed by atoms with Crippen LogP contribution < -0.4 is 69.3 Å². The summed E-state index contributed by atoms with van der Waals surface area (Å²) in [7, 11) is 0. The van der Waals surface area contributed by atoms with Gasteiger partial charge in [0.2, 0.25) is 0 Å². The molecule has 7 heteroatoms. The molecular weight excluding hydrogens is 390 g/mol. The molecule has 0 aliphatic carbocycles. The number of aliphatic carboxylic acids is 2. The van der Waals surface area contributed by atoms with Crippen molar-refractivity contribution < 1.29 is 84.0 Å². The molecule has 0 atom stereocenters. The number of allylic oxidation sites excluding steroid dienone is 2. The van der Waals surface area contributed by atoms with Crippen LogP contribution in [0, 0.1) is 0 Å². The van der Waals surface area contributed by atoms with Crippen molar-refractivity contribution in [2.24, 2.45) is 0 Å². The largest absolute Gasteiger partial charge is 1.00 e. The van der Waals surface area contributed by atoms with Gasteiger partial charge in [-0.3, -0.25) is 0 Å². The van der Waals surface area contributed by atoms with E-state index in [1.807, 2.05) is 0 Å². The van der Waals surface area contributed by atoms with Crippen LogP contribution in [0.4, 0.5) is 0 Å². The Morgan fingerprint density at radius 2 is 1.00 bits per heavy atom. The second-order valence-corrected chi connectivity index (χ2v) is 6.91. The molecule has 0 aliphatic heterocycles. The van der Waals surface area contributed by atoms with Gasteiger partial charge in [0.05, 0.1) is 0 Å². The maximum absolute atomic E-state index is 9.50. The van der Waals surface area contributed by atoms with E-state index in [0.29, 0.717) is 6.61 Å². The van der Waals surface area contributed by atoms with Crippen LogP contribution in [0.3, 0.4) is 0 Å². The molecule has 0 spiro atoms. The number of aliphatic hydroxyl groups is 1. The predicted molar refractivity (Wildman–Crippen MR) is 106 cm³/mol. The molecule has 29 heavy (non-hydrogen) atoms. The van der Waals surface area contributed by atoms with Crippen molar-refractivity contribution in [1.29, 1.82) is 0 Å². The Labute approximate surface area is 222 Å². The third kappa shape index (κ3) is 43.4. The van der Waals surface area contributed by atoms with Gasteiger partial charge in [-0.25, -0.2) is 0 Å². The molecule has 0 unspecified atom stereocenters. The third-order valence-corrected chi connectivity index (χ3v) is 4.20. The molecule has 0 amide bonds. The fourth-order valence-corrected chi connectivity index (χ4v) is 2.56. The summed E-state index contributed by atoms with van der Waals surface area (Å²) in [5, 5.41) is 27.7. The number of carboxylic acid groups (broad SMARTS) is 2. The minimum absolute atomic E-state index is 0. The summed E-state index contributed by atoms with van der Waals surface area (Å²) < 4.78 is 0. The zero-order valence-corrected chi connectivity index (χ0v) is 23.3. The minimum atomic E-state index is -1.37. The molecule has 0 radical (unpaired) electrons. The average Bonchev–Trinajstić information content (AvgIpc) is 2.64. The summed E-state index contributed by atoms with van der Waals surface area (Å²) in [5.74, 6) is -2.73. The van der Waals surface area contributed by atoms with Crippen molar-refractivity contribution in [3.63, 3.8) is 0 Å². The van der Waals surface area contributed by atoms with Crippen molar-refractivity contribution in [2.45, 2.75) is 110 Å². The number of unbranched alkanes of at least 4 members (excludes halogenated alkanes) is 12. The van der Waals surface area contributed by atoms with Gasteiger partial charge in [-0.05, 0) is 44.9 Å². The van der Waals surface area contributed by atoms with Crippen molar-refractivity contribution >= 4 is 11.9 Å². The van der Waals surface area contributed by atoms with Crippen LogP contribution in [-0.2, 0) is 9.59 Å². The molecule has 0 bridgehead atoms. The van der Waals surface area contributed by atoms with Gasteiger partial charge in [0.15, 0.2) is 0 Å². The molecule has 0 aliphatic rings. The van der Waals surface area contributed by atoms with Crippen LogP contribution in [0.15, 0.2) is 12.2 Å². The van der Waals surface area contributed by atoms with Gasteiger partial charge >= 0.3 is 59.1 Å². The van der Waals surface area contributed by atoms with Gasteiger partial charge in [0.25, 0.3) is 0 Å². The summed E-state index contributed by atoms with van der Waals surface area (Å²) >= 11 is 0. The zero-order chi connectivity index (χ0) is 20.6. The first kappa shape index (κ1) is 37.0. The van der Waals surface area contributed by atoms with Gasteiger partial charge in [-0.2, -0.15) is 0 Å². The van der Waals surface area contributed by atoms with E-state index >= 15 is 0 Å². The Balaban J connectivity index is -0.000000267. The Kier molecular flexibility index (Phi) is 42.4. The van der Waals surface area contributed by atoms with Crippen molar-refractivity contribution in [3.05, 3.63) is 12.2 Å². The second-order valence-electron chi connectivity index (χ2n) is 6.91. The third-order valence-electron chi connectivity index (χ3n) is 4.20. The van der Waals surface area contributed by atoms with Crippen molar-refractivity contribution in [3.8, 4) is 0 Å². The number of carboxylic acids is 2. The van der Waals surface area contributed by atoms with Gasteiger partial charge in [-0.15, -0.1) is 0 Å². The summed E-state index contributed by atoms with van der Waals surface area (Å²) in [6.45, 7) is 2.64. The molecular formula is C22H40Na2O5. The normalized spacial score (nSPS) is 9.86. The van der Waals surface area contributed by atoms with Crippen LogP contribution in [0.2, 0.25) is 0 Å². The number of carbonyl (C=O) groups is 2. The number of rotatable bonds is 18. The number of hydrogen-bond acceptors (Lipinski definition) is 5. The van der Waals surface area contributed by atoms with E-state index in [1.54, 1.807) is 0 Å². The van der Waals surface area contributed by atoms with E-state index in [0.717, 1.165) is 6.42 Å². The van der Waals surface area contributed by atoms with Crippen LogP contribution in [-0.4, -0.2) is 23.7 Å². The van der Waals surface area contributed by atoms with E-state index in [4.69, 9.17) is 5.11 Å². The van der Waals surface area contributed by atoms with Crippen LogP contribution in [0.25, 0.3) is 0 Å². The van der Waals surface area contributed by atoms with Gasteiger partial charge in [0.1, 0.15) is 0 Å². The monoisotopic (exact) mass is 430 g/mol. The topological polar surface area (TPSA) is 100 Å². The first-order chi connectivity index (χ1) is 13.0. The first-order valence-electron chi connectivity index (χ1n) is 10.7. The molecule has 0 heterocycles. The van der Waals surface area contributed by atoms with E-state index in [9.17, 15) is 19.8 Å². The van der Waals surface area contributed by atoms with Crippen LogP contribution >= 0.6 is 0 Å². The molecule has 0 saturated carbocycles. The van der Waals surface area contributed by atoms with E-state index < -0.39 is 24.8 Å². The van der Waals surface area contributed by atoms with Gasteiger partial charge in [-0.1, -0.05) is 76.9 Å². The maximum Gasteiger partial charge on any atom is 1.00 e. The molecule has 0 aromatic heterocycles. The first-order valence-corrected chi connectivity index (χ1v) is 10.7. The number of carbonyl (C=O) groups excluding carboxylic acids is 2. The summed E-state index contributed by atoms with van der Waals surface area (Å²) in [6.07, 6.45) is 22.3. The molecule has 0 fully saturated rings. The SMILES string of the molecule is CCCCCCCC/C=C\CCCCCCCCO.O=C([O-])CCC(=O)[O-].[Na+].[Na+]. The van der Waals surface area contributed by atoms with Crippen LogP contribution in [0.1, 0.15) is 110 Å². The second kappa shape index (κ2) is 33.3. The smallest absolute Gasteiger partial charge is 0.550 e. The Bertz CT molecular complexity index is 349. The quantitative estimate of drug-likeness (QED) is 0.145. The standard InChI is InChI=1S/C18H36O.C4H6O4.2Na/c1-2-3-4-5-6-7-8-9-10-11-12-13-14-15-16-17-18-19;5-3(6)1-2-4(7)8;;/h9-10,19H,2-8,11-18H2,1H3;1-2H2,(H,5,6)(H,7,8);;/q;;2*+1/p-2/b10-9-;;;. The van der Waals surface area contributed by atoms with Crippen LogP contribution in [0.5, 0.6) is 0 Å². The maximum atomic E-state index is 9.50. The Hall–Kier alpha value is 0.640. The summed E-state index contributed by atoms with van der Waals surface area (Å²) in [4.78, 5) is 19.0. The molecule has 0 saturated heterocycles. The van der Waals surface area contributed by atoms with E-state index in [2.05, 4.69) is 19.1 Å². The fourth-order valence-electron chi connectivity index (χ4n) is 2.56. The Morgan fingerprint density at radius 3 is 1.34 bits per heavy atom. The van der Waals surface area contributed by atoms with Crippen molar-refractivity contribution in [1.82, 2.24) is 0 Å². The Morgan fingerprint density at radius 1 is 0.655 bits per heavy atom. The van der Waals surface area contributed by atoms with Crippen molar-refractivity contribution in [2.75, 3.05) is 6.61 Å². The number of hydrogen-bond donors (Lipinski definition) is 1. The van der Waals surface area contributed by atoms with E-state index in [1.165, 1.54) is 83.5 Å². The number of aliphatic hydroxyl groups excluding tert-OH is 1. The summed E-state index contributed by atoms with van der Waals surface area (Å²) in [5.41, 5.74) is 0. The molecule has 0 aromatic carbocycles. The molecule has 5 nitrogen and oxygen atoms in total. The average molecular weight is 431 g/mol. The van der Waals surface area contributed by atoms with E-state index in [-0.39, 0.29) is 59.1 Å².